The van der Waals surface area contributed by atoms with Crippen LogP contribution in [-0.2, 0) is 0 Å². The summed E-state index contributed by atoms with van der Waals surface area (Å²) >= 11 is 0. The van der Waals surface area contributed by atoms with Crippen molar-refractivity contribution in [2.45, 2.75) is 26.8 Å². The van der Waals surface area contributed by atoms with Gasteiger partial charge < -0.3 is 9.55 Å². The lowest BCUT2D eigenvalue weighted by molar-refractivity contribution is 0.599. The van der Waals surface area contributed by atoms with E-state index in [-0.39, 0.29) is 22.8 Å². The first-order valence-corrected chi connectivity index (χ1v) is 6.81. The Hall–Kier alpha value is -2.57. The van der Waals surface area contributed by atoms with Gasteiger partial charge in [0.15, 0.2) is 11.6 Å². The number of aryl methyl sites for hydroxylation is 1. The SMILES string of the molecule is Cc1nc2c(F)cc(-c3[nH]c(=O)ncc3F)cc2n1C(C)C. The largest absolute Gasteiger partial charge is 0.345 e. The summed E-state index contributed by atoms with van der Waals surface area (Å²) in [5.74, 6) is -0.609. The highest BCUT2D eigenvalue weighted by atomic mass is 19.1. The smallest absolute Gasteiger partial charge is 0.326 e. The molecule has 1 aromatic carbocycles. The van der Waals surface area contributed by atoms with Crippen LogP contribution in [0.5, 0.6) is 0 Å². The number of hydrogen-bond acceptors (Lipinski definition) is 3. The van der Waals surface area contributed by atoms with Gasteiger partial charge in [-0.15, -0.1) is 0 Å². The molecule has 0 aliphatic heterocycles. The Kier molecular flexibility index (Phi) is 3.27. The van der Waals surface area contributed by atoms with E-state index in [1.54, 1.807) is 13.0 Å². The molecule has 2 aromatic heterocycles. The quantitative estimate of drug-likeness (QED) is 0.791. The first-order chi connectivity index (χ1) is 10.4. The number of H-pyrrole nitrogens is 1. The standard InChI is InChI=1S/C15H14F2N4O/c1-7(2)21-8(3)19-14-10(16)4-9(5-12(14)21)13-11(17)6-18-15(22)20-13/h4-7H,1-3H3,(H,18,20,22). The summed E-state index contributed by atoms with van der Waals surface area (Å²) in [6.07, 6.45) is 0.821. The molecule has 3 rings (SSSR count). The molecule has 0 saturated heterocycles. The molecule has 0 radical (unpaired) electrons. The first-order valence-electron chi connectivity index (χ1n) is 6.81. The minimum atomic E-state index is -0.717. The average molecular weight is 304 g/mol. The molecule has 0 aliphatic rings. The molecule has 22 heavy (non-hydrogen) atoms. The van der Waals surface area contributed by atoms with E-state index in [0.717, 1.165) is 12.3 Å². The summed E-state index contributed by atoms with van der Waals surface area (Å²) in [5.41, 5.74) is 0.246. The van der Waals surface area contributed by atoms with Crippen LogP contribution >= 0.6 is 0 Å². The number of benzene rings is 1. The van der Waals surface area contributed by atoms with Crippen molar-refractivity contribution in [3.8, 4) is 11.3 Å². The minimum Gasteiger partial charge on any atom is -0.326 e. The van der Waals surface area contributed by atoms with E-state index in [1.165, 1.54) is 0 Å². The molecular weight excluding hydrogens is 290 g/mol. The van der Waals surface area contributed by atoms with E-state index in [2.05, 4.69) is 15.0 Å². The van der Waals surface area contributed by atoms with E-state index in [0.29, 0.717) is 11.3 Å². The molecule has 2 heterocycles. The van der Waals surface area contributed by atoms with Crippen molar-refractivity contribution in [3.63, 3.8) is 0 Å². The summed E-state index contributed by atoms with van der Waals surface area (Å²) < 4.78 is 30.0. The number of halogens is 2. The molecule has 5 nitrogen and oxygen atoms in total. The number of hydrogen-bond donors (Lipinski definition) is 1. The Balaban J connectivity index is 2.35. The van der Waals surface area contributed by atoms with E-state index < -0.39 is 17.3 Å². The van der Waals surface area contributed by atoms with Gasteiger partial charge in [-0.25, -0.2) is 18.6 Å². The first kappa shape index (κ1) is 14.4. The van der Waals surface area contributed by atoms with Gasteiger partial charge in [0.1, 0.15) is 11.3 Å². The van der Waals surface area contributed by atoms with Gasteiger partial charge in [0.25, 0.3) is 0 Å². The summed E-state index contributed by atoms with van der Waals surface area (Å²) in [6.45, 7) is 5.69. The molecule has 0 unspecified atom stereocenters. The zero-order chi connectivity index (χ0) is 16.0. The van der Waals surface area contributed by atoms with Gasteiger partial charge in [0, 0.05) is 11.6 Å². The Labute approximate surface area is 124 Å². The summed E-state index contributed by atoms with van der Waals surface area (Å²) in [6, 6.07) is 2.85. The maximum Gasteiger partial charge on any atom is 0.345 e. The second-order valence-corrected chi connectivity index (χ2v) is 5.36. The van der Waals surface area contributed by atoms with Gasteiger partial charge in [-0.1, -0.05) is 0 Å². The van der Waals surface area contributed by atoms with Gasteiger partial charge in [0.2, 0.25) is 0 Å². The number of nitrogens with zero attached hydrogens (tertiary/aromatic N) is 3. The molecule has 1 N–H and O–H groups in total. The van der Waals surface area contributed by atoms with Crippen LogP contribution in [0, 0.1) is 18.6 Å². The molecule has 3 aromatic rings. The van der Waals surface area contributed by atoms with Crippen LogP contribution in [0.1, 0.15) is 25.7 Å². The van der Waals surface area contributed by atoms with Gasteiger partial charge in [-0.05, 0) is 32.9 Å². The normalized spacial score (nSPS) is 11.5. The second-order valence-electron chi connectivity index (χ2n) is 5.36. The number of aromatic nitrogens is 4. The topological polar surface area (TPSA) is 63.6 Å². The fourth-order valence-corrected chi connectivity index (χ4v) is 2.65. The third kappa shape index (κ3) is 2.18. The lowest BCUT2D eigenvalue weighted by Crippen LogP contribution is -2.12. The Morgan fingerprint density at radius 3 is 2.64 bits per heavy atom. The van der Waals surface area contributed by atoms with Crippen LogP contribution in [0.4, 0.5) is 8.78 Å². The van der Waals surface area contributed by atoms with E-state index in [4.69, 9.17) is 0 Å². The lowest BCUT2D eigenvalue weighted by atomic mass is 10.1. The van der Waals surface area contributed by atoms with Crippen molar-refractivity contribution in [1.82, 2.24) is 19.5 Å². The fourth-order valence-electron chi connectivity index (χ4n) is 2.65. The number of imidazole rings is 1. The van der Waals surface area contributed by atoms with Crippen LogP contribution < -0.4 is 5.69 Å². The second kappa shape index (κ2) is 5.01. The maximum absolute atomic E-state index is 14.3. The van der Waals surface area contributed by atoms with Crippen LogP contribution in [0.3, 0.4) is 0 Å². The van der Waals surface area contributed by atoms with Crippen molar-refractivity contribution >= 4 is 11.0 Å². The Bertz CT molecular complexity index is 927. The zero-order valence-corrected chi connectivity index (χ0v) is 12.3. The third-order valence-electron chi connectivity index (χ3n) is 3.50. The molecule has 7 heteroatoms. The van der Waals surface area contributed by atoms with Crippen molar-refractivity contribution < 1.29 is 8.78 Å². The molecule has 0 atom stereocenters. The Morgan fingerprint density at radius 1 is 1.23 bits per heavy atom. The van der Waals surface area contributed by atoms with Gasteiger partial charge >= 0.3 is 5.69 Å². The molecule has 0 bridgehead atoms. The lowest BCUT2D eigenvalue weighted by Gasteiger charge is -2.11. The molecule has 0 aliphatic carbocycles. The third-order valence-corrected chi connectivity index (χ3v) is 3.50. The van der Waals surface area contributed by atoms with E-state index in [1.807, 2.05) is 18.4 Å². The van der Waals surface area contributed by atoms with Gasteiger partial charge in [-0.2, -0.15) is 4.98 Å². The van der Waals surface area contributed by atoms with Crippen LogP contribution in [-0.4, -0.2) is 19.5 Å². The molecule has 114 valence electrons. The number of nitrogens with one attached hydrogen (secondary N) is 1. The van der Waals surface area contributed by atoms with Crippen LogP contribution in [0.2, 0.25) is 0 Å². The number of aromatic amines is 1. The van der Waals surface area contributed by atoms with Crippen LogP contribution in [0.25, 0.3) is 22.3 Å². The van der Waals surface area contributed by atoms with Crippen molar-refractivity contribution in [2.24, 2.45) is 0 Å². The average Bonchev–Trinajstić information content (AvgIpc) is 2.78. The van der Waals surface area contributed by atoms with Gasteiger partial charge in [-0.3, -0.25) is 0 Å². The number of fused-ring (bicyclic) bond motifs is 1. The summed E-state index contributed by atoms with van der Waals surface area (Å²) in [7, 11) is 0. The molecule has 0 fully saturated rings. The highest BCUT2D eigenvalue weighted by Crippen LogP contribution is 2.29. The monoisotopic (exact) mass is 304 g/mol. The Morgan fingerprint density at radius 2 is 1.95 bits per heavy atom. The molecule has 0 saturated carbocycles. The fraction of sp³-hybridized carbons (Fsp3) is 0.267. The predicted octanol–water partition coefficient (Wildman–Crippen LogP) is 2.95. The van der Waals surface area contributed by atoms with Gasteiger partial charge in [0.05, 0.1) is 17.4 Å². The molecule has 0 amide bonds. The van der Waals surface area contributed by atoms with E-state index in [9.17, 15) is 13.6 Å². The predicted molar refractivity (Wildman–Crippen MR) is 78.6 cm³/mol. The van der Waals surface area contributed by atoms with E-state index >= 15 is 0 Å². The van der Waals surface area contributed by atoms with Crippen molar-refractivity contribution in [1.29, 1.82) is 0 Å². The number of rotatable bonds is 2. The highest BCUT2D eigenvalue weighted by Gasteiger charge is 2.17. The van der Waals surface area contributed by atoms with Crippen molar-refractivity contribution in [3.05, 3.63) is 46.3 Å². The highest BCUT2D eigenvalue weighted by molar-refractivity contribution is 5.82. The maximum atomic E-state index is 14.3. The van der Waals surface area contributed by atoms with Crippen LogP contribution in [0.15, 0.2) is 23.1 Å². The van der Waals surface area contributed by atoms with Crippen molar-refractivity contribution in [2.75, 3.05) is 0 Å². The minimum absolute atomic E-state index is 0.0704. The summed E-state index contributed by atoms with van der Waals surface area (Å²) in [5, 5.41) is 0. The zero-order valence-electron chi connectivity index (χ0n) is 12.3. The molecule has 0 spiro atoms. The molecular formula is C15H14F2N4O. The summed E-state index contributed by atoms with van der Waals surface area (Å²) in [4.78, 5) is 21.1.